The SMILES string of the molecule is CC(C)(C)OC(=O)N1CCC(n2cc(C3CCCCC3)nn2)CC1.CS(=O)(=O)O.Cc1cc(C)cc(Oc2nccc(-c3c(C4CCCCC4)nnn3C3CCN(C(=O)OC(C)(C)C)CC3)n2)c1.Cc1cc(C)cc(Oc2nccc(Cl)n2)c1.[CH2-]c1ccccc1-c1c(OC)cccc1OC.[NH-]c1ccccc1-c1[c-]cccc1.[Pd]. The third kappa shape index (κ3) is 28.8. The van der Waals surface area contributed by atoms with Crippen LogP contribution in [0.5, 0.6) is 35.0 Å². The maximum Gasteiger partial charge on any atom is 0.410 e. The number of amides is 2. The molecule has 2 aliphatic heterocycles. The van der Waals surface area contributed by atoms with Crippen molar-refractivity contribution in [2.75, 3.05) is 46.7 Å². The van der Waals surface area contributed by atoms with E-state index >= 15 is 0 Å². The van der Waals surface area contributed by atoms with E-state index in [0.717, 1.165) is 147 Å². The van der Waals surface area contributed by atoms with Gasteiger partial charge in [0.25, 0.3) is 10.1 Å². The molecule has 0 unspecified atom stereocenters. The molecule has 0 bridgehead atoms. The Morgan fingerprint density at radius 2 is 1.06 bits per heavy atom. The topological polar surface area (TPSA) is 287 Å². The molecule has 2 saturated heterocycles. The Morgan fingerprint density at radius 1 is 0.583 bits per heavy atom. The quantitative estimate of drug-likeness (QED) is 0.0485. The molecule has 0 spiro atoms. The molecule has 6 heterocycles. The first-order chi connectivity index (χ1) is 54.4. The number of methoxy groups -OCH3 is 2. The number of nitrogens with zero attached hydrogens (tertiary/aromatic N) is 12. The second kappa shape index (κ2) is 43.1. The Hall–Kier alpha value is -9.97. The number of aromatic nitrogens is 10. The molecule has 4 fully saturated rings. The Labute approximate surface area is 697 Å². The van der Waals surface area contributed by atoms with Crippen molar-refractivity contribution in [2.24, 2.45) is 0 Å². The van der Waals surface area contributed by atoms with E-state index in [1.807, 2.05) is 194 Å². The number of nitrogens with one attached hydrogen (secondary N) is 1. The van der Waals surface area contributed by atoms with Gasteiger partial charge in [-0.1, -0.05) is 109 Å². The maximum absolute atomic E-state index is 12.6. The standard InChI is InChI=1S/C30H40N6O3.C18H30N4O2.C15H15O2.C12H11ClN2O.C12H9N.CH4O3S.Pd/c1-20-17-21(2)19-24(18-20)38-28-31-14-11-25(32-28)27-26(22-9-7-6-8-10-22)33-34-36(27)23-12-15-35(16-13-23)29(37)39-30(3,4)5;1-18(2,3)24-17(23)21-11-9-15(10-12-21)22-13-16(19-20-22)14-7-5-4-6-8-14;1-11-7-4-5-8-12(11)15-13(16-2)9-6-10-14(15)17-3;1-8-5-9(2)7-10(6-8)16-12-14-4-3-11(13)15-12;13-12-9-5-4-8-11(12)10-6-2-1-3-7-10;1-5(2,3)4;/h11,14,17-19,22-23H,6-10,12-13,15-16H2,1-5H3;13-15H,4-12H2,1-3H3;4-10H,1H2,2-3H3;3-7H,1-2H3;1-6,8-9,13H;1H3,(H,2,3,4);/q;;-1;;-2;;. The molecule has 6 aromatic carbocycles. The second-order valence-corrected chi connectivity index (χ2v) is 32.8. The van der Waals surface area contributed by atoms with Crippen molar-refractivity contribution in [2.45, 2.75) is 194 Å². The molecule has 14 rings (SSSR count). The summed E-state index contributed by atoms with van der Waals surface area (Å²) in [6.07, 6.45) is 21.4. The molecule has 2 N–H and O–H groups in total. The molecular formula is C88H109ClN13O11PdS-3. The molecule has 10 aromatic rings. The van der Waals surface area contributed by atoms with Crippen LogP contribution in [0.3, 0.4) is 0 Å². The van der Waals surface area contributed by atoms with Gasteiger partial charge in [-0.2, -0.15) is 42.6 Å². The number of hydrogen-bond acceptors (Lipinski definition) is 18. The van der Waals surface area contributed by atoms with Gasteiger partial charge in [0.05, 0.1) is 49.6 Å². The molecule has 2 saturated carbocycles. The summed E-state index contributed by atoms with van der Waals surface area (Å²) < 4.78 is 63.4. The first-order valence-electron chi connectivity index (χ1n) is 38.9. The van der Waals surface area contributed by atoms with E-state index in [2.05, 4.69) is 61.8 Å². The van der Waals surface area contributed by atoms with Crippen molar-refractivity contribution in [1.82, 2.24) is 59.7 Å². The molecule has 24 nitrogen and oxygen atoms in total. The number of aryl methyl sites for hydroxylation is 4. The minimum absolute atomic E-state index is 0. The van der Waals surface area contributed by atoms with Crippen LogP contribution in [-0.4, -0.2) is 143 Å². The number of carbonyl (C=O) groups excluding carboxylic acids is 2. The minimum Gasteiger partial charge on any atom is -0.706 e. The fourth-order valence-corrected chi connectivity index (χ4v) is 14.1. The van der Waals surface area contributed by atoms with Gasteiger partial charge < -0.3 is 44.0 Å². The predicted octanol–water partition coefficient (Wildman–Crippen LogP) is 21.1. The van der Waals surface area contributed by atoms with Gasteiger partial charge in [-0.3, -0.25) is 4.55 Å². The zero-order valence-electron chi connectivity index (χ0n) is 68.3. The van der Waals surface area contributed by atoms with Crippen LogP contribution in [0.4, 0.5) is 15.3 Å². The van der Waals surface area contributed by atoms with E-state index in [4.69, 9.17) is 60.4 Å². The molecule has 2 amide bonds. The summed E-state index contributed by atoms with van der Waals surface area (Å²) in [4.78, 5) is 45.5. The van der Waals surface area contributed by atoms with Crippen molar-refractivity contribution in [1.29, 1.82) is 0 Å². The second-order valence-electron chi connectivity index (χ2n) is 30.9. The summed E-state index contributed by atoms with van der Waals surface area (Å²) in [5.41, 5.74) is 20.5. The summed E-state index contributed by atoms with van der Waals surface area (Å²) in [5, 5.41) is 18.6. The number of likely N-dealkylation sites (tertiary alicyclic amines) is 2. The Morgan fingerprint density at radius 3 is 1.55 bits per heavy atom. The van der Waals surface area contributed by atoms with Crippen molar-refractivity contribution < 1.29 is 71.4 Å². The molecule has 4 aromatic heterocycles. The number of halogens is 1. The monoisotopic (exact) mass is 1700 g/mol. The molecule has 2 aliphatic carbocycles. The number of benzene rings is 6. The normalized spacial score (nSPS) is 14.8. The summed E-state index contributed by atoms with van der Waals surface area (Å²) in [6, 6.07) is 48.6. The van der Waals surface area contributed by atoms with Crippen molar-refractivity contribution >= 4 is 39.6 Å². The van der Waals surface area contributed by atoms with Gasteiger partial charge in [0.15, 0.2) is 0 Å². The summed E-state index contributed by atoms with van der Waals surface area (Å²) in [6.45, 7) is 26.2. The Balaban J connectivity index is 0.000000187. The van der Waals surface area contributed by atoms with Gasteiger partial charge in [-0.25, -0.2) is 28.9 Å². The average Bonchev–Trinajstić information content (AvgIpc) is 1.66. The number of ether oxygens (including phenoxy) is 6. The van der Waals surface area contributed by atoms with Crippen molar-refractivity contribution in [3.05, 3.63) is 221 Å². The summed E-state index contributed by atoms with van der Waals surface area (Å²) in [5.74, 6) is 3.98. The van der Waals surface area contributed by atoms with E-state index in [9.17, 15) is 18.0 Å². The van der Waals surface area contributed by atoms with Crippen LogP contribution in [0.2, 0.25) is 5.15 Å². The van der Waals surface area contributed by atoms with E-state index in [1.54, 1.807) is 48.5 Å². The van der Waals surface area contributed by atoms with Crippen LogP contribution in [0.15, 0.2) is 158 Å². The van der Waals surface area contributed by atoms with Crippen LogP contribution in [0.1, 0.15) is 195 Å². The molecule has 618 valence electrons. The van der Waals surface area contributed by atoms with E-state index < -0.39 is 21.3 Å². The van der Waals surface area contributed by atoms with Crippen LogP contribution in [-0.2, 0) is 40.0 Å². The smallest absolute Gasteiger partial charge is 0.410 e. The first kappa shape index (κ1) is 90.6. The Bertz CT molecular complexity index is 4790. The third-order valence-corrected chi connectivity index (χ3v) is 19.4. The predicted molar refractivity (Wildman–Crippen MR) is 446 cm³/mol. The fraction of sp³-hybridized carbons (Fsp3) is 0.420. The largest absolute Gasteiger partial charge is 0.706 e. The van der Waals surface area contributed by atoms with Gasteiger partial charge >= 0.3 is 24.2 Å². The number of piperidine rings is 2. The average molecular weight is 1700 g/mol. The fourth-order valence-electron chi connectivity index (χ4n) is 14.0. The van der Waals surface area contributed by atoms with Crippen molar-refractivity contribution in [3.63, 3.8) is 0 Å². The van der Waals surface area contributed by atoms with E-state index in [1.165, 1.54) is 51.4 Å². The van der Waals surface area contributed by atoms with Gasteiger partial charge in [0.2, 0.25) is 0 Å². The van der Waals surface area contributed by atoms with Gasteiger partial charge in [0, 0.05) is 82.6 Å². The number of rotatable bonds is 13. The Kier molecular flexibility index (Phi) is 34.0. The van der Waals surface area contributed by atoms with Crippen LogP contribution in [0.25, 0.3) is 39.4 Å². The van der Waals surface area contributed by atoms with E-state index in [-0.39, 0.29) is 44.7 Å². The first-order valence-corrected chi connectivity index (χ1v) is 41.1. The van der Waals surface area contributed by atoms with Crippen molar-refractivity contribution in [3.8, 4) is 68.7 Å². The molecule has 4 aliphatic rings. The molecular weight excluding hydrogens is 1590 g/mol. The molecule has 0 atom stereocenters. The van der Waals surface area contributed by atoms with Crippen LogP contribution >= 0.6 is 11.6 Å². The van der Waals surface area contributed by atoms with E-state index in [0.29, 0.717) is 54.1 Å². The summed E-state index contributed by atoms with van der Waals surface area (Å²) in [7, 11) is -0.353. The number of carbonyl (C=O) groups is 2. The molecule has 115 heavy (non-hydrogen) atoms. The molecule has 0 radical (unpaired) electrons. The third-order valence-electron chi connectivity index (χ3n) is 19.1. The zero-order valence-corrected chi connectivity index (χ0v) is 71.4. The summed E-state index contributed by atoms with van der Waals surface area (Å²) >= 11 is 5.74. The van der Waals surface area contributed by atoms with Gasteiger partial charge in [-0.05, 0) is 191 Å². The van der Waals surface area contributed by atoms with Crippen LogP contribution < -0.4 is 18.9 Å². The zero-order chi connectivity index (χ0) is 82.1. The minimum atomic E-state index is -3.67. The maximum atomic E-state index is 12.6. The van der Waals surface area contributed by atoms with Gasteiger partial charge in [-0.15, -0.1) is 69.4 Å². The molecule has 27 heteroatoms. The number of hydrogen-bond donors (Lipinski definition) is 1. The van der Waals surface area contributed by atoms with Gasteiger partial charge in [0.1, 0.15) is 45.0 Å². The van der Waals surface area contributed by atoms with Crippen LogP contribution in [0, 0.1) is 40.7 Å².